The molecule has 0 bridgehead atoms. The summed E-state index contributed by atoms with van der Waals surface area (Å²) in [4.78, 5) is 0. The summed E-state index contributed by atoms with van der Waals surface area (Å²) in [7, 11) is 0. The summed E-state index contributed by atoms with van der Waals surface area (Å²) < 4.78 is 36.2. The summed E-state index contributed by atoms with van der Waals surface area (Å²) in [6, 6.07) is 6.80. The van der Waals surface area contributed by atoms with Crippen LogP contribution < -0.4 is 0 Å². The molecule has 0 fully saturated rings. The smallest absolute Gasteiger partial charge is 0.165 e. The summed E-state index contributed by atoms with van der Waals surface area (Å²) in [6.45, 7) is 1.98. The summed E-state index contributed by atoms with van der Waals surface area (Å²) in [5.41, 5.74) is 1.53. The summed E-state index contributed by atoms with van der Waals surface area (Å²) >= 11 is 5.10. The SMILES string of the molecule is CCc1ccc(C=C(Cl)C(F)(F)F)cc1. The average molecular weight is 235 g/mol. The fourth-order valence-electron chi connectivity index (χ4n) is 1.08. The zero-order chi connectivity index (χ0) is 11.5. The zero-order valence-corrected chi connectivity index (χ0v) is 8.86. The predicted molar refractivity (Wildman–Crippen MR) is 55.7 cm³/mol. The highest BCUT2D eigenvalue weighted by Gasteiger charge is 2.32. The van der Waals surface area contributed by atoms with E-state index in [0.29, 0.717) is 5.56 Å². The van der Waals surface area contributed by atoms with Gasteiger partial charge in [-0.15, -0.1) is 0 Å². The van der Waals surface area contributed by atoms with Crippen molar-refractivity contribution < 1.29 is 13.2 Å². The summed E-state index contributed by atoms with van der Waals surface area (Å²) in [5.74, 6) is 0. The van der Waals surface area contributed by atoms with Crippen LogP contribution in [0.2, 0.25) is 0 Å². The lowest BCUT2D eigenvalue weighted by molar-refractivity contribution is -0.0836. The predicted octanol–water partition coefficient (Wildman–Crippen LogP) is 4.39. The Bertz CT molecular complexity index is 349. The van der Waals surface area contributed by atoms with Crippen molar-refractivity contribution in [2.45, 2.75) is 19.5 Å². The Kier molecular flexibility index (Phi) is 3.80. The van der Waals surface area contributed by atoms with Crippen LogP contribution in [0.15, 0.2) is 29.3 Å². The van der Waals surface area contributed by atoms with Crippen molar-refractivity contribution >= 4 is 17.7 Å². The van der Waals surface area contributed by atoms with Gasteiger partial charge in [-0.05, 0) is 23.6 Å². The molecule has 0 unspecified atom stereocenters. The third-order valence-electron chi connectivity index (χ3n) is 1.95. The maximum Gasteiger partial charge on any atom is 0.426 e. The van der Waals surface area contributed by atoms with Gasteiger partial charge in [-0.1, -0.05) is 42.8 Å². The van der Waals surface area contributed by atoms with E-state index in [2.05, 4.69) is 0 Å². The van der Waals surface area contributed by atoms with Gasteiger partial charge in [0.2, 0.25) is 0 Å². The zero-order valence-electron chi connectivity index (χ0n) is 8.11. The standard InChI is InChI=1S/C11H10ClF3/c1-2-8-3-5-9(6-4-8)7-10(12)11(13,14)15/h3-7H,2H2,1H3. The largest absolute Gasteiger partial charge is 0.426 e. The van der Waals surface area contributed by atoms with Gasteiger partial charge in [-0.25, -0.2) is 0 Å². The molecule has 0 atom stereocenters. The van der Waals surface area contributed by atoms with Crippen molar-refractivity contribution in [1.29, 1.82) is 0 Å². The molecule has 0 aromatic heterocycles. The van der Waals surface area contributed by atoms with E-state index in [1.807, 2.05) is 6.92 Å². The van der Waals surface area contributed by atoms with Crippen LogP contribution in [0.25, 0.3) is 6.08 Å². The molecular formula is C11H10ClF3. The van der Waals surface area contributed by atoms with Gasteiger partial charge >= 0.3 is 6.18 Å². The van der Waals surface area contributed by atoms with Crippen LogP contribution >= 0.6 is 11.6 Å². The Morgan fingerprint density at radius 2 is 1.80 bits per heavy atom. The molecule has 1 rings (SSSR count). The van der Waals surface area contributed by atoms with Crippen LogP contribution in [0.5, 0.6) is 0 Å². The topological polar surface area (TPSA) is 0 Å². The molecule has 15 heavy (non-hydrogen) atoms. The van der Waals surface area contributed by atoms with Gasteiger partial charge in [0.25, 0.3) is 0 Å². The highest BCUT2D eigenvalue weighted by atomic mass is 35.5. The number of rotatable bonds is 2. The molecule has 0 radical (unpaired) electrons. The van der Waals surface area contributed by atoms with Crippen LogP contribution in [0.3, 0.4) is 0 Å². The van der Waals surface area contributed by atoms with Crippen molar-refractivity contribution in [3.8, 4) is 0 Å². The Labute approximate surface area is 91.4 Å². The number of halogens is 4. The molecule has 0 spiro atoms. The second-order valence-electron chi connectivity index (χ2n) is 3.09. The molecular weight excluding hydrogens is 225 g/mol. The minimum atomic E-state index is -4.47. The molecule has 82 valence electrons. The second-order valence-corrected chi connectivity index (χ2v) is 3.49. The number of hydrogen-bond acceptors (Lipinski definition) is 0. The molecule has 0 saturated heterocycles. The molecule has 4 heteroatoms. The molecule has 0 heterocycles. The molecule has 0 saturated carbocycles. The van der Waals surface area contributed by atoms with Crippen LogP contribution in [-0.2, 0) is 6.42 Å². The average Bonchev–Trinajstić information content (AvgIpc) is 2.17. The highest BCUT2D eigenvalue weighted by molar-refractivity contribution is 6.32. The fourth-order valence-corrected chi connectivity index (χ4v) is 1.20. The van der Waals surface area contributed by atoms with E-state index in [4.69, 9.17) is 11.6 Å². The Hall–Kier alpha value is -0.960. The third kappa shape index (κ3) is 3.59. The van der Waals surface area contributed by atoms with Crippen molar-refractivity contribution in [2.24, 2.45) is 0 Å². The van der Waals surface area contributed by atoms with Gasteiger partial charge in [-0.3, -0.25) is 0 Å². The van der Waals surface area contributed by atoms with Crippen molar-refractivity contribution in [2.75, 3.05) is 0 Å². The van der Waals surface area contributed by atoms with Gasteiger partial charge in [0.15, 0.2) is 0 Å². The maximum absolute atomic E-state index is 12.1. The van der Waals surface area contributed by atoms with Crippen molar-refractivity contribution in [1.82, 2.24) is 0 Å². The van der Waals surface area contributed by atoms with Gasteiger partial charge in [0.1, 0.15) is 5.03 Å². The fraction of sp³-hybridized carbons (Fsp3) is 0.273. The molecule has 0 aliphatic carbocycles. The van der Waals surface area contributed by atoms with E-state index < -0.39 is 11.2 Å². The molecule has 1 aromatic rings. The highest BCUT2D eigenvalue weighted by Crippen LogP contribution is 2.30. The molecule has 0 nitrogen and oxygen atoms in total. The van der Waals surface area contributed by atoms with Gasteiger partial charge in [0.05, 0.1) is 0 Å². The lowest BCUT2D eigenvalue weighted by atomic mass is 10.1. The van der Waals surface area contributed by atoms with E-state index in [1.165, 1.54) is 0 Å². The monoisotopic (exact) mass is 234 g/mol. The quantitative estimate of drug-likeness (QED) is 0.712. The second kappa shape index (κ2) is 4.71. The Morgan fingerprint density at radius 1 is 1.27 bits per heavy atom. The van der Waals surface area contributed by atoms with E-state index in [0.717, 1.165) is 18.1 Å². The summed E-state index contributed by atoms with van der Waals surface area (Å²) in [6.07, 6.45) is -2.69. The third-order valence-corrected chi connectivity index (χ3v) is 2.28. The molecule has 0 aliphatic heterocycles. The van der Waals surface area contributed by atoms with Gasteiger partial charge in [-0.2, -0.15) is 13.2 Å². The van der Waals surface area contributed by atoms with Crippen molar-refractivity contribution in [3.05, 3.63) is 40.4 Å². The number of hydrogen-bond donors (Lipinski definition) is 0. The first-order chi connectivity index (χ1) is 6.93. The van der Waals surface area contributed by atoms with E-state index in [-0.39, 0.29) is 0 Å². The summed E-state index contributed by atoms with van der Waals surface area (Å²) in [5, 5.41) is -1.10. The molecule has 0 N–H and O–H groups in total. The first-order valence-electron chi connectivity index (χ1n) is 4.47. The first kappa shape index (κ1) is 12.1. The van der Waals surface area contributed by atoms with E-state index >= 15 is 0 Å². The lowest BCUT2D eigenvalue weighted by Gasteiger charge is -2.04. The van der Waals surface area contributed by atoms with Crippen LogP contribution in [0.1, 0.15) is 18.1 Å². The molecule has 1 aromatic carbocycles. The van der Waals surface area contributed by atoms with Crippen LogP contribution in [-0.4, -0.2) is 6.18 Å². The Morgan fingerprint density at radius 3 is 2.20 bits per heavy atom. The molecule has 0 aliphatic rings. The van der Waals surface area contributed by atoms with E-state index in [9.17, 15) is 13.2 Å². The Balaban J connectivity index is 2.89. The number of aryl methyl sites for hydroxylation is 1. The van der Waals surface area contributed by atoms with Gasteiger partial charge in [0, 0.05) is 0 Å². The molecule has 0 amide bonds. The minimum absolute atomic E-state index is 0.453. The lowest BCUT2D eigenvalue weighted by Crippen LogP contribution is -2.06. The van der Waals surface area contributed by atoms with Crippen LogP contribution in [0.4, 0.5) is 13.2 Å². The van der Waals surface area contributed by atoms with Crippen molar-refractivity contribution in [3.63, 3.8) is 0 Å². The van der Waals surface area contributed by atoms with Crippen LogP contribution in [0, 0.1) is 0 Å². The first-order valence-corrected chi connectivity index (χ1v) is 4.84. The van der Waals surface area contributed by atoms with E-state index in [1.54, 1.807) is 24.3 Å². The number of allylic oxidation sites excluding steroid dienone is 1. The number of alkyl halides is 3. The van der Waals surface area contributed by atoms with Gasteiger partial charge < -0.3 is 0 Å². The maximum atomic E-state index is 12.1. The minimum Gasteiger partial charge on any atom is -0.165 e. The number of benzene rings is 1. The normalized spacial score (nSPS) is 13.0.